The maximum absolute atomic E-state index is 12.6. The maximum Gasteiger partial charge on any atom is 0.253 e. The Labute approximate surface area is 160 Å². The molecule has 3 rings (SSSR count). The summed E-state index contributed by atoms with van der Waals surface area (Å²) in [5.41, 5.74) is 1.19. The van der Waals surface area contributed by atoms with Crippen molar-refractivity contribution in [2.45, 2.75) is 32.1 Å². The number of likely N-dealkylation sites (tertiary alicyclic amines) is 1. The Hall–Kier alpha value is -1.93. The average Bonchev–Trinajstić information content (AvgIpc) is 2.67. The number of nitrogens with zero attached hydrogens (tertiary/aromatic N) is 2. The fraction of sp³-hybridized carbons (Fsp3) is 0.579. The molecule has 1 aromatic carbocycles. The summed E-state index contributed by atoms with van der Waals surface area (Å²) in [7, 11) is -3.20. The third-order valence-electron chi connectivity index (χ3n) is 5.31. The first kappa shape index (κ1) is 19.8. The standard InChI is InChI=1S/C19H27N3O4S/c1-27(25,26)22-12-8-15(9-13-22)18(23)20-17-7-5-6-16(14-17)19(24)21-10-3-2-4-11-21/h5-7,14-15H,2-4,8-13H2,1H3,(H,20,23). The summed E-state index contributed by atoms with van der Waals surface area (Å²) in [5.74, 6) is -0.331. The van der Waals surface area contributed by atoms with E-state index in [1.54, 1.807) is 24.3 Å². The molecule has 7 nitrogen and oxygen atoms in total. The van der Waals surface area contributed by atoms with Gasteiger partial charge in [-0.2, -0.15) is 0 Å². The molecule has 0 atom stereocenters. The van der Waals surface area contributed by atoms with Gasteiger partial charge in [-0.1, -0.05) is 6.07 Å². The van der Waals surface area contributed by atoms with Crippen LogP contribution < -0.4 is 5.32 Å². The molecule has 148 valence electrons. The number of carbonyl (C=O) groups excluding carboxylic acids is 2. The van der Waals surface area contributed by atoms with Gasteiger partial charge in [-0.05, 0) is 50.3 Å². The van der Waals surface area contributed by atoms with Crippen LogP contribution in [0, 0.1) is 5.92 Å². The van der Waals surface area contributed by atoms with Crippen LogP contribution in [0.2, 0.25) is 0 Å². The van der Waals surface area contributed by atoms with E-state index in [4.69, 9.17) is 0 Å². The molecule has 2 aliphatic rings. The average molecular weight is 394 g/mol. The quantitative estimate of drug-likeness (QED) is 0.847. The molecule has 0 aliphatic carbocycles. The van der Waals surface area contributed by atoms with Crippen LogP contribution in [0.4, 0.5) is 5.69 Å². The summed E-state index contributed by atoms with van der Waals surface area (Å²) in [6.07, 6.45) is 5.44. The van der Waals surface area contributed by atoms with Crippen LogP contribution in [0.5, 0.6) is 0 Å². The molecule has 0 aromatic heterocycles. The van der Waals surface area contributed by atoms with Gasteiger partial charge in [0.15, 0.2) is 0 Å². The van der Waals surface area contributed by atoms with Gasteiger partial charge in [0.05, 0.1) is 6.26 Å². The second-order valence-corrected chi connectivity index (χ2v) is 9.34. The summed E-state index contributed by atoms with van der Waals surface area (Å²) in [6.45, 7) is 2.30. The van der Waals surface area contributed by atoms with Crippen LogP contribution in [-0.2, 0) is 14.8 Å². The largest absolute Gasteiger partial charge is 0.339 e. The first-order valence-corrected chi connectivity index (χ1v) is 11.3. The van der Waals surface area contributed by atoms with Crippen molar-refractivity contribution in [3.8, 4) is 0 Å². The minimum atomic E-state index is -3.20. The molecule has 2 aliphatic heterocycles. The second kappa shape index (κ2) is 8.39. The van der Waals surface area contributed by atoms with Gasteiger partial charge in [-0.25, -0.2) is 12.7 Å². The van der Waals surface area contributed by atoms with Gasteiger partial charge in [0.25, 0.3) is 5.91 Å². The van der Waals surface area contributed by atoms with Crippen molar-refractivity contribution in [2.75, 3.05) is 37.8 Å². The second-order valence-electron chi connectivity index (χ2n) is 7.36. The first-order valence-electron chi connectivity index (χ1n) is 9.50. The van der Waals surface area contributed by atoms with Gasteiger partial charge < -0.3 is 10.2 Å². The minimum absolute atomic E-state index is 0.00672. The molecule has 2 saturated heterocycles. The van der Waals surface area contributed by atoms with Crippen LogP contribution in [0.1, 0.15) is 42.5 Å². The summed E-state index contributed by atoms with van der Waals surface area (Å²) in [6, 6.07) is 7.05. The third-order valence-corrected chi connectivity index (χ3v) is 6.62. The van der Waals surface area contributed by atoms with E-state index in [-0.39, 0.29) is 17.7 Å². The zero-order valence-electron chi connectivity index (χ0n) is 15.7. The smallest absolute Gasteiger partial charge is 0.253 e. The summed E-state index contributed by atoms with van der Waals surface area (Å²) in [4.78, 5) is 27.0. The summed E-state index contributed by atoms with van der Waals surface area (Å²) in [5, 5.41) is 2.89. The van der Waals surface area contributed by atoms with Crippen molar-refractivity contribution in [3.63, 3.8) is 0 Å². The van der Waals surface area contributed by atoms with Gasteiger partial charge >= 0.3 is 0 Å². The zero-order valence-corrected chi connectivity index (χ0v) is 16.5. The van der Waals surface area contributed by atoms with Gasteiger partial charge in [-0.3, -0.25) is 9.59 Å². The lowest BCUT2D eigenvalue weighted by atomic mass is 9.97. The predicted molar refractivity (Wildman–Crippen MR) is 104 cm³/mol. The molecule has 1 aromatic rings. The van der Waals surface area contributed by atoms with E-state index >= 15 is 0 Å². The fourth-order valence-electron chi connectivity index (χ4n) is 3.70. The molecular formula is C19H27N3O4S. The van der Waals surface area contributed by atoms with Crippen LogP contribution in [0.15, 0.2) is 24.3 Å². The Balaban J connectivity index is 1.59. The molecular weight excluding hydrogens is 366 g/mol. The monoisotopic (exact) mass is 393 g/mol. The lowest BCUT2D eigenvalue weighted by Crippen LogP contribution is -2.40. The lowest BCUT2D eigenvalue weighted by Gasteiger charge is -2.29. The number of benzene rings is 1. The van der Waals surface area contributed by atoms with Crippen molar-refractivity contribution in [1.29, 1.82) is 0 Å². The molecule has 0 unspecified atom stereocenters. The highest BCUT2D eigenvalue weighted by Gasteiger charge is 2.29. The van der Waals surface area contributed by atoms with E-state index in [1.165, 1.54) is 10.6 Å². The zero-order chi connectivity index (χ0) is 19.4. The van der Waals surface area contributed by atoms with E-state index in [0.29, 0.717) is 37.2 Å². The molecule has 27 heavy (non-hydrogen) atoms. The van der Waals surface area contributed by atoms with Gasteiger partial charge in [-0.15, -0.1) is 0 Å². The fourth-order valence-corrected chi connectivity index (χ4v) is 4.58. The number of amides is 2. The molecule has 1 N–H and O–H groups in total. The summed E-state index contributed by atoms with van der Waals surface area (Å²) >= 11 is 0. The van der Waals surface area contributed by atoms with E-state index < -0.39 is 10.0 Å². The van der Waals surface area contributed by atoms with Gasteiger partial charge in [0, 0.05) is 43.3 Å². The van der Waals surface area contributed by atoms with Crippen molar-refractivity contribution < 1.29 is 18.0 Å². The molecule has 0 radical (unpaired) electrons. The van der Waals surface area contributed by atoms with Crippen molar-refractivity contribution in [3.05, 3.63) is 29.8 Å². The molecule has 8 heteroatoms. The highest BCUT2D eigenvalue weighted by atomic mass is 32.2. The van der Waals surface area contributed by atoms with E-state index in [2.05, 4.69) is 5.32 Å². The number of anilines is 1. The van der Waals surface area contributed by atoms with Gasteiger partial charge in [0.2, 0.25) is 15.9 Å². The first-order chi connectivity index (χ1) is 12.8. The molecule has 0 spiro atoms. The number of rotatable bonds is 4. The van der Waals surface area contributed by atoms with E-state index in [0.717, 1.165) is 32.4 Å². The van der Waals surface area contributed by atoms with Gasteiger partial charge in [0.1, 0.15) is 0 Å². The molecule has 0 bridgehead atoms. The predicted octanol–water partition coefficient (Wildman–Crippen LogP) is 1.92. The number of nitrogens with one attached hydrogen (secondary N) is 1. The number of piperidine rings is 2. The van der Waals surface area contributed by atoms with Crippen molar-refractivity contribution in [1.82, 2.24) is 9.21 Å². The molecule has 2 fully saturated rings. The van der Waals surface area contributed by atoms with Crippen LogP contribution in [-0.4, -0.2) is 61.9 Å². The van der Waals surface area contributed by atoms with Crippen LogP contribution >= 0.6 is 0 Å². The Morgan fingerprint density at radius 3 is 2.33 bits per heavy atom. The van der Waals surface area contributed by atoms with Crippen molar-refractivity contribution in [2.24, 2.45) is 5.92 Å². The van der Waals surface area contributed by atoms with E-state index in [9.17, 15) is 18.0 Å². The Bertz CT molecular complexity index is 795. The SMILES string of the molecule is CS(=O)(=O)N1CCC(C(=O)Nc2cccc(C(=O)N3CCCCC3)c2)CC1. The maximum atomic E-state index is 12.6. The van der Waals surface area contributed by atoms with Crippen molar-refractivity contribution >= 4 is 27.5 Å². The minimum Gasteiger partial charge on any atom is -0.339 e. The number of hydrogen-bond donors (Lipinski definition) is 1. The normalized spacial score (nSPS) is 19.7. The highest BCUT2D eigenvalue weighted by molar-refractivity contribution is 7.88. The molecule has 2 heterocycles. The Kier molecular flexibility index (Phi) is 6.16. The molecule has 0 saturated carbocycles. The van der Waals surface area contributed by atoms with E-state index in [1.807, 2.05) is 4.90 Å². The molecule has 2 amide bonds. The Morgan fingerprint density at radius 2 is 1.70 bits per heavy atom. The van der Waals surface area contributed by atoms with Crippen LogP contribution in [0.3, 0.4) is 0 Å². The highest BCUT2D eigenvalue weighted by Crippen LogP contribution is 2.22. The number of sulfonamides is 1. The Morgan fingerprint density at radius 1 is 1.04 bits per heavy atom. The third kappa shape index (κ3) is 5.07. The van der Waals surface area contributed by atoms with Crippen LogP contribution in [0.25, 0.3) is 0 Å². The topological polar surface area (TPSA) is 86.8 Å². The number of carbonyl (C=O) groups is 2. The summed E-state index contributed by atoms with van der Waals surface area (Å²) < 4.78 is 24.6. The lowest BCUT2D eigenvalue weighted by molar-refractivity contribution is -0.120. The number of hydrogen-bond acceptors (Lipinski definition) is 4.